The first-order valence-electron chi connectivity index (χ1n) is 15.5. The molecule has 48 heavy (non-hydrogen) atoms. The summed E-state index contributed by atoms with van der Waals surface area (Å²) in [5, 5.41) is 0. The van der Waals surface area contributed by atoms with E-state index in [4.69, 9.17) is 9.47 Å². The molecule has 2 aromatic heterocycles. The molecule has 3 fully saturated rings. The van der Waals surface area contributed by atoms with Crippen LogP contribution < -0.4 is 0 Å². The van der Waals surface area contributed by atoms with Crippen molar-refractivity contribution < 1.29 is 50.2 Å². The van der Waals surface area contributed by atoms with Crippen molar-refractivity contribution in [3.05, 3.63) is 84.0 Å². The minimum atomic E-state index is -4.67. The second-order valence-corrected chi connectivity index (χ2v) is 13.9. The number of ketones is 1. The second kappa shape index (κ2) is 11.8. The molecule has 2 aromatic rings. The molecule has 5 rings (SSSR count). The monoisotopic (exact) mass is 678 g/mol. The van der Waals surface area contributed by atoms with E-state index >= 15 is 0 Å². The summed E-state index contributed by atoms with van der Waals surface area (Å²) in [4.78, 5) is 48.5. The normalized spacial score (nSPS) is 33.7. The molecule has 0 aromatic carbocycles. The van der Waals surface area contributed by atoms with Gasteiger partial charge in [0.1, 0.15) is 23.6 Å². The van der Waals surface area contributed by atoms with Crippen LogP contribution in [0.5, 0.6) is 0 Å². The maximum Gasteiger partial charge on any atom is 0.417 e. The molecule has 3 saturated carbocycles. The van der Waals surface area contributed by atoms with E-state index in [1.165, 1.54) is 0 Å². The van der Waals surface area contributed by atoms with Gasteiger partial charge in [0.05, 0.1) is 11.1 Å². The zero-order valence-corrected chi connectivity index (χ0v) is 26.9. The molecule has 0 amide bonds. The summed E-state index contributed by atoms with van der Waals surface area (Å²) in [5.41, 5.74) is -5.37. The van der Waals surface area contributed by atoms with E-state index in [9.17, 15) is 40.7 Å². The lowest BCUT2D eigenvalue weighted by molar-refractivity contribution is -0.192. The molecule has 0 spiro atoms. The van der Waals surface area contributed by atoms with E-state index in [1.807, 2.05) is 20.8 Å². The first-order valence-corrected chi connectivity index (χ1v) is 15.5. The number of carbonyl (C=O) groups excluding carboxylic acids is 3. The first kappa shape index (κ1) is 35.3. The number of alkyl halides is 6. The Morgan fingerprint density at radius 1 is 0.917 bits per heavy atom. The van der Waals surface area contributed by atoms with E-state index in [0.29, 0.717) is 30.8 Å². The highest BCUT2D eigenvalue weighted by Crippen LogP contribution is 2.69. The molecule has 3 aliphatic rings. The van der Waals surface area contributed by atoms with Gasteiger partial charge in [-0.25, -0.2) is 19.6 Å². The zero-order valence-electron chi connectivity index (χ0n) is 26.9. The molecule has 0 N–H and O–H groups in total. The number of halogens is 6. The Kier molecular flexibility index (Phi) is 8.70. The fourth-order valence-corrected chi connectivity index (χ4v) is 8.36. The largest absolute Gasteiger partial charge is 0.457 e. The number of allylic oxidation sites excluding steroid dienone is 1. The number of esters is 2. The summed E-state index contributed by atoms with van der Waals surface area (Å²) in [6, 6.07) is 3.30. The molecule has 0 radical (unpaired) electrons. The van der Waals surface area contributed by atoms with E-state index in [2.05, 4.69) is 23.1 Å². The van der Waals surface area contributed by atoms with Gasteiger partial charge in [-0.05, 0) is 66.9 Å². The predicted octanol–water partition coefficient (Wildman–Crippen LogP) is 8.07. The van der Waals surface area contributed by atoms with E-state index in [1.54, 1.807) is 13.0 Å². The van der Waals surface area contributed by atoms with Crippen LogP contribution >= 0.6 is 0 Å². The van der Waals surface area contributed by atoms with Crippen molar-refractivity contribution in [3.8, 4) is 0 Å². The Morgan fingerprint density at radius 2 is 1.44 bits per heavy atom. The van der Waals surface area contributed by atoms with Crippen LogP contribution in [0.3, 0.4) is 0 Å². The van der Waals surface area contributed by atoms with Gasteiger partial charge >= 0.3 is 24.3 Å². The van der Waals surface area contributed by atoms with Crippen molar-refractivity contribution in [2.45, 2.75) is 77.9 Å². The van der Waals surface area contributed by atoms with Crippen molar-refractivity contribution in [2.24, 2.45) is 34.0 Å². The molecule has 258 valence electrons. The molecule has 0 aliphatic heterocycles. The van der Waals surface area contributed by atoms with Gasteiger partial charge in [-0.3, -0.25) is 4.79 Å². The van der Waals surface area contributed by atoms with Crippen molar-refractivity contribution in [3.63, 3.8) is 0 Å². The SMILES string of the molecule is C=C[C@]1(C)C[C@@H](OC(=O)c2ccc(C(F)(F)F)cn2)[C@]2(C)[C@H](C)CC[C@]3(CC(=C)C(=O)[C@H]32)[C@@H](C)[C@@H]1OC(=O)c1ccc(C(F)(F)F)cn1. The number of Topliss-reactive ketones (excluding diaryl/α,β-unsaturated/α-hetero) is 1. The summed E-state index contributed by atoms with van der Waals surface area (Å²) in [6.45, 7) is 15.5. The van der Waals surface area contributed by atoms with Crippen molar-refractivity contribution in [1.29, 1.82) is 0 Å². The maximum absolute atomic E-state index is 14.0. The van der Waals surface area contributed by atoms with Gasteiger partial charge < -0.3 is 9.47 Å². The second-order valence-electron chi connectivity index (χ2n) is 13.9. The van der Waals surface area contributed by atoms with Crippen molar-refractivity contribution >= 4 is 17.7 Å². The van der Waals surface area contributed by atoms with Gasteiger partial charge in [0.15, 0.2) is 5.78 Å². The minimum Gasteiger partial charge on any atom is -0.457 e. The smallest absolute Gasteiger partial charge is 0.417 e. The number of carbonyl (C=O) groups is 3. The number of ether oxygens (including phenoxy) is 2. The molecular weight excluding hydrogens is 642 g/mol. The third kappa shape index (κ3) is 5.72. The predicted molar refractivity (Wildman–Crippen MR) is 160 cm³/mol. The van der Waals surface area contributed by atoms with Gasteiger partial charge in [0.2, 0.25) is 0 Å². The lowest BCUT2D eigenvalue weighted by Gasteiger charge is -2.61. The Bertz CT molecular complexity index is 1640. The number of hydrogen-bond acceptors (Lipinski definition) is 7. The third-order valence-corrected chi connectivity index (χ3v) is 11.3. The topological polar surface area (TPSA) is 95.5 Å². The van der Waals surface area contributed by atoms with E-state index in [0.717, 1.165) is 24.3 Å². The highest BCUT2D eigenvalue weighted by Gasteiger charge is 2.70. The van der Waals surface area contributed by atoms with Crippen LogP contribution in [0.2, 0.25) is 0 Å². The summed E-state index contributed by atoms with van der Waals surface area (Å²) in [7, 11) is 0. The molecule has 7 nitrogen and oxygen atoms in total. The van der Waals surface area contributed by atoms with Gasteiger partial charge in [-0.15, -0.1) is 6.58 Å². The standard InChI is InChI=1S/C35H36F6N2O5/c1-7-31(5)15-25(47-29(45)23-10-8-21(16-42-23)34(36,37)38)32(6)19(3)12-13-33(14-18(2)26(44)27(32)33)20(4)28(31)48-30(46)24-11-9-22(17-43-24)35(39,40)41/h7-11,16-17,19-20,25,27-28H,1-2,12-15H2,3-6H3/t19-,20+,25-,27+,28+,31-,32+,33+/m1/s1. The van der Waals surface area contributed by atoms with Crippen molar-refractivity contribution in [1.82, 2.24) is 9.97 Å². The van der Waals surface area contributed by atoms with Crippen LogP contribution in [0.4, 0.5) is 26.3 Å². The Morgan fingerprint density at radius 3 is 1.90 bits per heavy atom. The molecule has 2 bridgehead atoms. The summed E-state index contributed by atoms with van der Waals surface area (Å²) in [6.07, 6.45) is -7.33. The molecule has 0 saturated heterocycles. The van der Waals surface area contributed by atoms with Crippen LogP contribution in [-0.4, -0.2) is 39.9 Å². The Hall–Kier alpha value is -4.03. The maximum atomic E-state index is 14.0. The summed E-state index contributed by atoms with van der Waals surface area (Å²) >= 11 is 0. The number of rotatable bonds is 5. The Balaban J connectivity index is 1.59. The molecular formula is C35H36F6N2O5. The van der Waals surface area contributed by atoms with Gasteiger partial charge in [-0.1, -0.05) is 40.3 Å². The summed E-state index contributed by atoms with van der Waals surface area (Å²) in [5.74, 6) is -3.59. The fraction of sp³-hybridized carbons (Fsp3) is 0.514. The number of aromatic nitrogens is 2. The van der Waals surface area contributed by atoms with Gasteiger partial charge in [0.25, 0.3) is 0 Å². The first-order chi connectivity index (χ1) is 22.2. The number of pyridine rings is 2. The van der Waals surface area contributed by atoms with E-state index < -0.39 is 75.7 Å². The quantitative estimate of drug-likeness (QED) is 0.137. The summed E-state index contributed by atoms with van der Waals surface area (Å²) < 4.78 is 91.2. The molecule has 0 unspecified atom stereocenters. The molecule has 3 aliphatic carbocycles. The third-order valence-electron chi connectivity index (χ3n) is 11.3. The Labute approximate surface area is 273 Å². The van der Waals surface area contributed by atoms with Gasteiger partial charge in [-0.2, -0.15) is 26.3 Å². The van der Waals surface area contributed by atoms with Crippen LogP contribution in [0.15, 0.2) is 61.5 Å². The lowest BCUT2D eigenvalue weighted by atomic mass is 9.44. The molecule has 13 heteroatoms. The fourth-order valence-electron chi connectivity index (χ4n) is 8.36. The van der Waals surface area contributed by atoms with Crippen molar-refractivity contribution in [2.75, 3.05) is 0 Å². The lowest BCUT2D eigenvalue weighted by Crippen LogP contribution is -2.63. The molecule has 8 atom stereocenters. The van der Waals surface area contributed by atoms with E-state index in [-0.39, 0.29) is 35.9 Å². The van der Waals surface area contributed by atoms with Crippen LogP contribution in [0.25, 0.3) is 0 Å². The average Bonchev–Trinajstić information content (AvgIpc) is 3.30. The average molecular weight is 679 g/mol. The molecule has 2 heterocycles. The highest BCUT2D eigenvalue weighted by atomic mass is 19.4. The van der Waals surface area contributed by atoms with Crippen LogP contribution in [0, 0.1) is 34.0 Å². The van der Waals surface area contributed by atoms with Gasteiger partial charge in [0, 0.05) is 35.1 Å². The number of nitrogens with zero attached hydrogens (tertiary/aromatic N) is 2. The van der Waals surface area contributed by atoms with Crippen LogP contribution in [0.1, 0.15) is 85.5 Å². The zero-order chi connectivity index (χ0) is 35.6. The highest BCUT2D eigenvalue weighted by molar-refractivity contribution is 6.01. The van der Waals surface area contributed by atoms with Crippen LogP contribution in [-0.2, 0) is 26.6 Å². The number of hydrogen-bond donors (Lipinski definition) is 0. The minimum absolute atomic E-state index is 0.0151.